The van der Waals surface area contributed by atoms with Crippen molar-refractivity contribution in [2.75, 3.05) is 0 Å². The van der Waals surface area contributed by atoms with Gasteiger partial charge in [-0.15, -0.1) is 0 Å². The highest BCUT2D eigenvalue weighted by Crippen LogP contribution is 2.22. The van der Waals surface area contributed by atoms with Crippen molar-refractivity contribution in [3.05, 3.63) is 34.1 Å². The summed E-state index contributed by atoms with van der Waals surface area (Å²) in [7, 11) is 0. The topological polar surface area (TPSA) is 12.0 Å². The lowest BCUT2D eigenvalue weighted by Gasteiger charge is -2.21. The molecular weight excluding hydrogens is 293 g/mol. The first-order chi connectivity index (χ1) is 8.40. The van der Waals surface area contributed by atoms with Crippen molar-refractivity contribution < 1.29 is 4.39 Å². The summed E-state index contributed by atoms with van der Waals surface area (Å²) in [4.78, 5) is 0. The fourth-order valence-corrected chi connectivity index (χ4v) is 2.41. The predicted molar refractivity (Wildman–Crippen MR) is 79.2 cm³/mol. The van der Waals surface area contributed by atoms with Crippen LogP contribution in [0.15, 0.2) is 22.7 Å². The molecule has 0 aliphatic rings. The Morgan fingerprint density at radius 2 is 1.83 bits per heavy atom. The minimum atomic E-state index is -0.144. The highest BCUT2D eigenvalue weighted by molar-refractivity contribution is 9.10. The summed E-state index contributed by atoms with van der Waals surface area (Å²) in [6.45, 7) is 8.62. The Kier molecular flexibility index (Phi) is 6.30. The number of rotatable bonds is 6. The lowest BCUT2D eigenvalue weighted by molar-refractivity contribution is 0.410. The van der Waals surface area contributed by atoms with Crippen LogP contribution in [-0.2, 0) is 0 Å². The summed E-state index contributed by atoms with van der Waals surface area (Å²) >= 11 is 3.39. The maximum atomic E-state index is 13.7. The van der Waals surface area contributed by atoms with Crippen LogP contribution in [0.2, 0.25) is 0 Å². The van der Waals surface area contributed by atoms with Gasteiger partial charge in [-0.2, -0.15) is 0 Å². The Balaban J connectivity index is 2.58. The van der Waals surface area contributed by atoms with Crippen LogP contribution in [0, 0.1) is 11.7 Å². The van der Waals surface area contributed by atoms with E-state index in [0.717, 1.165) is 16.5 Å². The second-order valence-corrected chi connectivity index (χ2v) is 6.34. The molecule has 18 heavy (non-hydrogen) atoms. The second kappa shape index (κ2) is 7.25. The number of halogens is 2. The van der Waals surface area contributed by atoms with Gasteiger partial charge in [-0.05, 0) is 50.8 Å². The van der Waals surface area contributed by atoms with Crippen LogP contribution in [0.25, 0.3) is 0 Å². The monoisotopic (exact) mass is 315 g/mol. The molecule has 0 fully saturated rings. The van der Waals surface area contributed by atoms with Crippen LogP contribution in [0.4, 0.5) is 4.39 Å². The standard InChI is InChI=1S/C15H23BrFN/c1-10(2)5-6-11(3)18-12(4)14-9-13(16)7-8-15(14)17/h7-12,18H,5-6H2,1-4H3. The molecule has 0 aliphatic heterocycles. The van der Waals surface area contributed by atoms with Crippen molar-refractivity contribution in [3.8, 4) is 0 Å². The van der Waals surface area contributed by atoms with Gasteiger partial charge in [-0.3, -0.25) is 0 Å². The van der Waals surface area contributed by atoms with Gasteiger partial charge < -0.3 is 5.32 Å². The van der Waals surface area contributed by atoms with E-state index in [1.165, 1.54) is 12.5 Å². The summed E-state index contributed by atoms with van der Waals surface area (Å²) < 4.78 is 14.6. The molecule has 1 aromatic carbocycles. The molecule has 2 atom stereocenters. The summed E-state index contributed by atoms with van der Waals surface area (Å²) in [5.41, 5.74) is 0.723. The number of benzene rings is 1. The zero-order valence-electron chi connectivity index (χ0n) is 11.6. The van der Waals surface area contributed by atoms with E-state index < -0.39 is 0 Å². The summed E-state index contributed by atoms with van der Waals surface area (Å²) in [5.74, 6) is 0.571. The third kappa shape index (κ3) is 5.07. The summed E-state index contributed by atoms with van der Waals surface area (Å²) in [6.07, 6.45) is 2.32. The van der Waals surface area contributed by atoms with Crippen LogP contribution in [-0.4, -0.2) is 6.04 Å². The smallest absolute Gasteiger partial charge is 0.128 e. The molecule has 0 spiro atoms. The minimum absolute atomic E-state index is 0.0321. The molecule has 0 amide bonds. The van der Waals surface area contributed by atoms with Gasteiger partial charge in [-0.1, -0.05) is 29.8 Å². The number of nitrogens with one attached hydrogen (secondary N) is 1. The van der Waals surface area contributed by atoms with E-state index in [4.69, 9.17) is 0 Å². The normalized spacial score (nSPS) is 14.8. The molecule has 1 aromatic rings. The van der Waals surface area contributed by atoms with Crippen LogP contribution in [0.3, 0.4) is 0 Å². The zero-order chi connectivity index (χ0) is 13.7. The zero-order valence-corrected chi connectivity index (χ0v) is 13.2. The third-order valence-electron chi connectivity index (χ3n) is 3.14. The molecule has 2 unspecified atom stereocenters. The Hall–Kier alpha value is -0.410. The van der Waals surface area contributed by atoms with E-state index in [9.17, 15) is 4.39 Å². The first-order valence-corrected chi connectivity index (χ1v) is 7.40. The van der Waals surface area contributed by atoms with Crippen molar-refractivity contribution >= 4 is 15.9 Å². The first-order valence-electron chi connectivity index (χ1n) is 6.61. The van der Waals surface area contributed by atoms with E-state index in [1.807, 2.05) is 13.0 Å². The fraction of sp³-hybridized carbons (Fsp3) is 0.600. The quantitative estimate of drug-likeness (QED) is 0.773. The number of hydrogen-bond donors (Lipinski definition) is 1. The Bertz CT molecular complexity index is 379. The molecule has 1 nitrogen and oxygen atoms in total. The van der Waals surface area contributed by atoms with Crippen LogP contribution < -0.4 is 5.32 Å². The van der Waals surface area contributed by atoms with Crippen molar-refractivity contribution in [1.82, 2.24) is 5.32 Å². The number of hydrogen-bond acceptors (Lipinski definition) is 1. The molecule has 1 N–H and O–H groups in total. The van der Waals surface area contributed by atoms with Gasteiger partial charge >= 0.3 is 0 Å². The summed E-state index contributed by atoms with van der Waals surface area (Å²) in [6, 6.07) is 5.53. The van der Waals surface area contributed by atoms with Gasteiger partial charge in [0, 0.05) is 22.1 Å². The van der Waals surface area contributed by atoms with E-state index >= 15 is 0 Å². The van der Waals surface area contributed by atoms with Crippen molar-refractivity contribution in [1.29, 1.82) is 0 Å². The Morgan fingerprint density at radius 1 is 1.17 bits per heavy atom. The molecule has 0 saturated carbocycles. The van der Waals surface area contributed by atoms with Gasteiger partial charge in [0.2, 0.25) is 0 Å². The first kappa shape index (κ1) is 15.6. The fourth-order valence-electron chi connectivity index (χ4n) is 2.03. The van der Waals surface area contributed by atoms with E-state index in [0.29, 0.717) is 12.0 Å². The van der Waals surface area contributed by atoms with Crippen molar-refractivity contribution in [3.63, 3.8) is 0 Å². The third-order valence-corrected chi connectivity index (χ3v) is 3.63. The van der Waals surface area contributed by atoms with E-state index in [2.05, 4.69) is 42.0 Å². The molecule has 102 valence electrons. The molecule has 0 saturated heterocycles. The molecular formula is C15H23BrFN. The molecule has 0 aromatic heterocycles. The highest BCUT2D eigenvalue weighted by atomic mass is 79.9. The van der Waals surface area contributed by atoms with Gasteiger partial charge in [0.15, 0.2) is 0 Å². The molecule has 1 rings (SSSR count). The average Bonchev–Trinajstić information content (AvgIpc) is 2.29. The average molecular weight is 316 g/mol. The summed E-state index contributed by atoms with van der Waals surface area (Å²) in [5, 5.41) is 3.46. The lowest BCUT2D eigenvalue weighted by atomic mass is 10.0. The minimum Gasteiger partial charge on any atom is -0.308 e. The van der Waals surface area contributed by atoms with Crippen molar-refractivity contribution in [2.24, 2.45) is 5.92 Å². The second-order valence-electron chi connectivity index (χ2n) is 5.43. The molecule has 0 bridgehead atoms. The van der Waals surface area contributed by atoms with Crippen LogP contribution in [0.5, 0.6) is 0 Å². The molecule has 0 heterocycles. The van der Waals surface area contributed by atoms with Crippen molar-refractivity contribution in [2.45, 2.75) is 52.6 Å². The van der Waals surface area contributed by atoms with Gasteiger partial charge in [0.05, 0.1) is 0 Å². The predicted octanol–water partition coefficient (Wildman–Crippen LogP) is 5.06. The van der Waals surface area contributed by atoms with Gasteiger partial charge in [0.1, 0.15) is 5.82 Å². The SMILES string of the molecule is CC(C)CCC(C)NC(C)c1cc(Br)ccc1F. The van der Waals surface area contributed by atoms with Gasteiger partial charge in [0.25, 0.3) is 0 Å². The largest absolute Gasteiger partial charge is 0.308 e. The van der Waals surface area contributed by atoms with E-state index in [1.54, 1.807) is 6.07 Å². The lowest BCUT2D eigenvalue weighted by Crippen LogP contribution is -2.29. The van der Waals surface area contributed by atoms with Crippen LogP contribution >= 0.6 is 15.9 Å². The maximum absolute atomic E-state index is 13.7. The van der Waals surface area contributed by atoms with Crippen LogP contribution in [0.1, 0.15) is 52.1 Å². The Morgan fingerprint density at radius 3 is 2.44 bits per heavy atom. The molecule has 3 heteroatoms. The maximum Gasteiger partial charge on any atom is 0.128 e. The molecule has 0 radical (unpaired) electrons. The van der Waals surface area contributed by atoms with Gasteiger partial charge in [-0.25, -0.2) is 4.39 Å². The molecule has 0 aliphatic carbocycles. The van der Waals surface area contributed by atoms with E-state index in [-0.39, 0.29) is 11.9 Å². The highest BCUT2D eigenvalue weighted by Gasteiger charge is 2.14. The Labute approximate surface area is 118 Å².